The third-order valence-corrected chi connectivity index (χ3v) is 2.92. The van der Waals surface area contributed by atoms with Gasteiger partial charge in [0.1, 0.15) is 5.75 Å². The summed E-state index contributed by atoms with van der Waals surface area (Å²) in [4.78, 5) is 11.8. The monoisotopic (exact) mass is 284 g/mol. The average molecular weight is 284 g/mol. The number of hydrogen-bond donors (Lipinski definition) is 2. The van der Waals surface area contributed by atoms with Crippen LogP contribution in [0.2, 0.25) is 0 Å². The topological polar surface area (TPSA) is 50.4 Å². The zero-order chi connectivity index (χ0) is 14.9. The molecule has 4 heteroatoms. The van der Waals surface area contributed by atoms with Crippen LogP contribution in [0.5, 0.6) is 11.5 Å². The number of carbonyl (C=O) groups excluding carboxylic acids is 1. The summed E-state index contributed by atoms with van der Waals surface area (Å²) < 4.78 is 5.79. The third-order valence-electron chi connectivity index (χ3n) is 2.92. The van der Waals surface area contributed by atoms with Gasteiger partial charge < -0.3 is 15.4 Å². The molecule has 0 bridgehead atoms. The molecule has 2 aromatic carbocycles. The lowest BCUT2D eigenvalue weighted by Crippen LogP contribution is -2.29. The van der Waals surface area contributed by atoms with E-state index >= 15 is 0 Å². The van der Waals surface area contributed by atoms with Crippen LogP contribution in [-0.4, -0.2) is 12.6 Å². The van der Waals surface area contributed by atoms with Gasteiger partial charge in [-0.2, -0.15) is 0 Å². The minimum atomic E-state index is -0.215. The number of carbonyl (C=O) groups is 1. The van der Waals surface area contributed by atoms with Crippen LogP contribution >= 0.6 is 0 Å². The van der Waals surface area contributed by atoms with Gasteiger partial charge in [0.2, 0.25) is 0 Å². The molecule has 0 saturated heterocycles. The maximum atomic E-state index is 11.8. The maximum absolute atomic E-state index is 11.8. The number of benzene rings is 2. The minimum Gasteiger partial charge on any atom is -0.455 e. The minimum absolute atomic E-state index is 0.215. The van der Waals surface area contributed by atoms with Gasteiger partial charge in [-0.1, -0.05) is 43.7 Å². The highest BCUT2D eigenvalue weighted by atomic mass is 16.5. The number of anilines is 1. The molecule has 2 aromatic rings. The number of ether oxygens (including phenoxy) is 1. The highest BCUT2D eigenvalue weighted by molar-refractivity contribution is 5.90. The number of nitrogens with one attached hydrogen (secondary N) is 2. The maximum Gasteiger partial charge on any atom is 0.319 e. The molecule has 0 radical (unpaired) electrons. The zero-order valence-corrected chi connectivity index (χ0v) is 12.1. The summed E-state index contributed by atoms with van der Waals surface area (Å²) in [6.45, 7) is 2.76. The number of amides is 2. The van der Waals surface area contributed by atoms with Crippen LogP contribution in [0.25, 0.3) is 0 Å². The van der Waals surface area contributed by atoms with Crippen LogP contribution < -0.4 is 15.4 Å². The highest BCUT2D eigenvalue weighted by Gasteiger charge is 2.07. The summed E-state index contributed by atoms with van der Waals surface area (Å²) in [6, 6.07) is 16.7. The molecule has 0 aliphatic carbocycles. The molecule has 110 valence electrons. The number of rotatable bonds is 6. The van der Waals surface area contributed by atoms with Crippen molar-refractivity contribution in [3.63, 3.8) is 0 Å². The Morgan fingerprint density at radius 1 is 1.05 bits per heavy atom. The van der Waals surface area contributed by atoms with Gasteiger partial charge in [0.05, 0.1) is 5.69 Å². The van der Waals surface area contributed by atoms with Gasteiger partial charge in [-0.05, 0) is 30.7 Å². The first-order chi connectivity index (χ1) is 10.3. The van der Waals surface area contributed by atoms with E-state index < -0.39 is 0 Å². The van der Waals surface area contributed by atoms with E-state index in [0.717, 1.165) is 18.6 Å². The van der Waals surface area contributed by atoms with Crippen LogP contribution in [0.3, 0.4) is 0 Å². The number of urea groups is 1. The van der Waals surface area contributed by atoms with E-state index in [4.69, 9.17) is 4.74 Å². The van der Waals surface area contributed by atoms with Gasteiger partial charge in [-0.15, -0.1) is 0 Å². The number of para-hydroxylation sites is 3. The Kier molecular flexibility index (Phi) is 5.64. The Labute approximate surface area is 125 Å². The van der Waals surface area contributed by atoms with Crippen molar-refractivity contribution in [2.75, 3.05) is 11.9 Å². The van der Waals surface area contributed by atoms with Crippen molar-refractivity contribution in [1.82, 2.24) is 5.32 Å². The average Bonchev–Trinajstić information content (AvgIpc) is 2.51. The van der Waals surface area contributed by atoms with Crippen molar-refractivity contribution in [1.29, 1.82) is 0 Å². The van der Waals surface area contributed by atoms with Gasteiger partial charge in [0.25, 0.3) is 0 Å². The van der Waals surface area contributed by atoms with Crippen LogP contribution in [0, 0.1) is 0 Å². The normalized spacial score (nSPS) is 9.95. The standard InChI is InChI=1S/C17H20N2O2/c1-2-3-13-18-17(20)19-15-11-7-8-12-16(15)21-14-9-5-4-6-10-14/h4-12H,2-3,13H2,1H3,(H2,18,19,20). The smallest absolute Gasteiger partial charge is 0.319 e. The zero-order valence-electron chi connectivity index (χ0n) is 12.1. The van der Waals surface area contributed by atoms with E-state index in [0.29, 0.717) is 18.0 Å². The quantitative estimate of drug-likeness (QED) is 0.772. The molecule has 0 spiro atoms. The first kappa shape index (κ1) is 14.9. The highest BCUT2D eigenvalue weighted by Crippen LogP contribution is 2.28. The molecule has 0 fully saturated rings. The van der Waals surface area contributed by atoms with Crippen molar-refractivity contribution in [2.24, 2.45) is 0 Å². The molecule has 0 heterocycles. The van der Waals surface area contributed by atoms with Crippen molar-refractivity contribution in [3.05, 3.63) is 54.6 Å². The fraction of sp³-hybridized carbons (Fsp3) is 0.235. The van der Waals surface area contributed by atoms with Crippen molar-refractivity contribution in [2.45, 2.75) is 19.8 Å². The first-order valence-electron chi connectivity index (χ1n) is 7.16. The fourth-order valence-electron chi connectivity index (χ4n) is 1.82. The van der Waals surface area contributed by atoms with Gasteiger partial charge in [0.15, 0.2) is 5.75 Å². The van der Waals surface area contributed by atoms with Crippen LogP contribution in [-0.2, 0) is 0 Å². The summed E-state index contributed by atoms with van der Waals surface area (Å²) >= 11 is 0. The molecule has 0 unspecified atom stereocenters. The second kappa shape index (κ2) is 7.94. The largest absolute Gasteiger partial charge is 0.455 e. The molecule has 2 rings (SSSR count). The predicted octanol–water partition coefficient (Wildman–Crippen LogP) is 4.40. The molecular weight excluding hydrogens is 264 g/mol. The lowest BCUT2D eigenvalue weighted by molar-refractivity contribution is 0.252. The van der Waals surface area contributed by atoms with Gasteiger partial charge in [-0.3, -0.25) is 0 Å². The molecule has 2 amide bonds. The third kappa shape index (κ3) is 4.84. The van der Waals surface area contributed by atoms with Crippen LogP contribution in [0.15, 0.2) is 54.6 Å². The summed E-state index contributed by atoms with van der Waals surface area (Å²) in [5.74, 6) is 1.35. The fourth-order valence-corrected chi connectivity index (χ4v) is 1.82. The first-order valence-corrected chi connectivity index (χ1v) is 7.16. The van der Waals surface area contributed by atoms with Crippen molar-refractivity contribution in [3.8, 4) is 11.5 Å². The molecule has 4 nitrogen and oxygen atoms in total. The molecule has 0 saturated carbocycles. The van der Waals surface area contributed by atoms with E-state index in [9.17, 15) is 4.79 Å². The SMILES string of the molecule is CCCCNC(=O)Nc1ccccc1Oc1ccccc1. The molecule has 0 aliphatic rings. The Morgan fingerprint density at radius 3 is 2.52 bits per heavy atom. The Balaban J connectivity index is 2.01. The summed E-state index contributed by atoms with van der Waals surface area (Å²) in [7, 11) is 0. The molecule has 2 N–H and O–H groups in total. The predicted molar refractivity (Wildman–Crippen MR) is 84.9 cm³/mol. The van der Waals surface area contributed by atoms with Crippen molar-refractivity contribution >= 4 is 11.7 Å². The van der Waals surface area contributed by atoms with Crippen LogP contribution in [0.4, 0.5) is 10.5 Å². The van der Waals surface area contributed by atoms with Crippen LogP contribution in [0.1, 0.15) is 19.8 Å². The van der Waals surface area contributed by atoms with Gasteiger partial charge >= 0.3 is 6.03 Å². The number of unbranched alkanes of at least 4 members (excludes halogenated alkanes) is 1. The Bertz CT molecular complexity index is 570. The Hall–Kier alpha value is -2.49. The van der Waals surface area contributed by atoms with E-state index in [1.54, 1.807) is 0 Å². The van der Waals surface area contributed by atoms with Crippen molar-refractivity contribution < 1.29 is 9.53 Å². The van der Waals surface area contributed by atoms with Gasteiger partial charge in [0, 0.05) is 6.54 Å². The molecular formula is C17H20N2O2. The molecule has 0 aliphatic heterocycles. The summed E-state index contributed by atoms with van der Waals surface area (Å²) in [5, 5.41) is 5.63. The lowest BCUT2D eigenvalue weighted by Gasteiger charge is -2.12. The Morgan fingerprint density at radius 2 is 1.76 bits per heavy atom. The summed E-state index contributed by atoms with van der Waals surface area (Å²) in [6.07, 6.45) is 2.02. The van der Waals surface area contributed by atoms with E-state index in [1.807, 2.05) is 54.6 Å². The second-order valence-electron chi connectivity index (χ2n) is 4.65. The van der Waals surface area contributed by atoms with E-state index in [-0.39, 0.29) is 6.03 Å². The van der Waals surface area contributed by atoms with E-state index in [1.165, 1.54) is 0 Å². The lowest BCUT2D eigenvalue weighted by atomic mass is 10.3. The van der Waals surface area contributed by atoms with Gasteiger partial charge in [-0.25, -0.2) is 4.79 Å². The summed E-state index contributed by atoms with van der Waals surface area (Å²) in [5.41, 5.74) is 0.648. The molecule has 21 heavy (non-hydrogen) atoms. The van der Waals surface area contributed by atoms with E-state index in [2.05, 4.69) is 17.6 Å². The second-order valence-corrected chi connectivity index (χ2v) is 4.65. The molecule has 0 aromatic heterocycles. The number of hydrogen-bond acceptors (Lipinski definition) is 2. The molecule has 0 atom stereocenters.